The van der Waals surface area contributed by atoms with E-state index in [4.69, 9.17) is 19.0 Å². The fourth-order valence-corrected chi connectivity index (χ4v) is 5.85. The van der Waals surface area contributed by atoms with Gasteiger partial charge in [-0.1, -0.05) is 0 Å². The Kier molecular flexibility index (Phi) is 5.62. The van der Waals surface area contributed by atoms with Gasteiger partial charge in [0.05, 0.1) is 12.8 Å². The van der Waals surface area contributed by atoms with Gasteiger partial charge in [0.1, 0.15) is 5.52 Å². The smallest absolute Gasteiger partial charge is 0.363 e. The van der Waals surface area contributed by atoms with E-state index in [9.17, 15) is 24.3 Å². The highest BCUT2D eigenvalue weighted by Gasteiger charge is 2.48. The highest BCUT2D eigenvalue weighted by Crippen LogP contribution is 2.43. The standard InChI is InChI=1S/C24H26FN3O9/c1-12-20-17(25)18-19-21(12)35-15(29)10-24(33,22(31)36-20)11-16(30)37-28(18)23(32)27(19)14-2-6-26(7-3-14)13-4-8-34-9-5-13/h13-14,33H,2-11H2,1H3. The molecule has 6 rings (SSSR count). The number of rotatable bonds is 2. The maximum atomic E-state index is 15.9. The monoisotopic (exact) mass is 519 g/mol. The molecule has 0 spiro atoms. The molecule has 0 aliphatic carbocycles. The molecule has 0 radical (unpaired) electrons. The Bertz CT molecular complexity index is 1380. The number of halogens is 1. The minimum Gasteiger partial charge on any atom is -0.424 e. The van der Waals surface area contributed by atoms with Crippen LogP contribution in [0, 0.1) is 12.7 Å². The van der Waals surface area contributed by atoms with Crippen LogP contribution in [0.2, 0.25) is 0 Å². The number of hydrogen-bond donors (Lipinski definition) is 1. The topological polar surface area (TPSA) is 139 Å². The summed E-state index contributed by atoms with van der Waals surface area (Å²) in [4.78, 5) is 59.4. The highest BCUT2D eigenvalue weighted by molar-refractivity contribution is 5.97. The van der Waals surface area contributed by atoms with Gasteiger partial charge in [-0.2, -0.15) is 0 Å². The molecule has 0 amide bonds. The van der Waals surface area contributed by atoms with Crippen molar-refractivity contribution in [3.63, 3.8) is 0 Å². The van der Waals surface area contributed by atoms with E-state index < -0.39 is 65.2 Å². The Hall–Kier alpha value is -3.29. The van der Waals surface area contributed by atoms with Crippen molar-refractivity contribution >= 4 is 28.9 Å². The molecule has 12 nitrogen and oxygen atoms in total. The molecule has 1 atom stereocenters. The van der Waals surface area contributed by atoms with E-state index in [0.29, 0.717) is 49.9 Å². The minimum absolute atomic E-state index is 0.0339. The predicted octanol–water partition coefficient (Wildman–Crippen LogP) is 0.371. The van der Waals surface area contributed by atoms with Crippen molar-refractivity contribution < 1.29 is 42.9 Å². The number of esters is 2. The fourth-order valence-electron chi connectivity index (χ4n) is 5.85. The normalized spacial score (nSPS) is 25.8. The zero-order valence-electron chi connectivity index (χ0n) is 20.2. The van der Waals surface area contributed by atoms with E-state index in [-0.39, 0.29) is 16.8 Å². The molecule has 13 heteroatoms. The molecule has 1 aromatic heterocycles. The summed E-state index contributed by atoms with van der Waals surface area (Å²) in [5, 5.41) is 10.8. The number of hydrogen-bond acceptors (Lipinski definition) is 10. The average Bonchev–Trinajstić information content (AvgIpc) is 3.15. The number of nitrogens with zero attached hydrogens (tertiary/aromatic N) is 3. The summed E-state index contributed by atoms with van der Waals surface area (Å²) in [5.74, 6) is -5.59. The van der Waals surface area contributed by atoms with Gasteiger partial charge in [-0.25, -0.2) is 18.8 Å². The number of aromatic nitrogens is 2. The molecule has 37 heavy (non-hydrogen) atoms. The van der Waals surface area contributed by atoms with Crippen LogP contribution in [0.3, 0.4) is 0 Å². The van der Waals surface area contributed by atoms with Crippen molar-refractivity contribution in [2.45, 2.75) is 63.1 Å². The number of imidazole rings is 1. The van der Waals surface area contributed by atoms with Crippen LogP contribution >= 0.6 is 0 Å². The quantitative estimate of drug-likeness (QED) is 0.437. The van der Waals surface area contributed by atoms with Gasteiger partial charge >= 0.3 is 23.6 Å². The number of ether oxygens (including phenoxy) is 3. The summed E-state index contributed by atoms with van der Waals surface area (Å²) < 4.78 is 33.9. The van der Waals surface area contributed by atoms with Crippen LogP contribution in [0.25, 0.3) is 11.0 Å². The number of fused-ring (bicyclic) bond motifs is 4. The second kappa shape index (κ2) is 8.64. The third kappa shape index (κ3) is 3.75. The van der Waals surface area contributed by atoms with E-state index in [1.807, 2.05) is 0 Å². The Morgan fingerprint density at radius 2 is 1.57 bits per heavy atom. The minimum atomic E-state index is -2.66. The largest absolute Gasteiger partial charge is 0.424 e. The highest BCUT2D eigenvalue weighted by atomic mass is 19.1. The molecule has 1 aromatic carbocycles. The van der Waals surface area contributed by atoms with Gasteiger partial charge in [0, 0.05) is 44.0 Å². The van der Waals surface area contributed by atoms with Gasteiger partial charge in [0.2, 0.25) is 0 Å². The van der Waals surface area contributed by atoms with Crippen molar-refractivity contribution in [1.82, 2.24) is 14.2 Å². The third-order valence-corrected chi connectivity index (χ3v) is 7.78. The molecule has 4 aliphatic heterocycles. The first-order valence-electron chi connectivity index (χ1n) is 12.4. The van der Waals surface area contributed by atoms with E-state index in [1.165, 1.54) is 11.5 Å². The Labute approximate surface area is 209 Å². The van der Waals surface area contributed by atoms with Gasteiger partial charge in [0.25, 0.3) is 0 Å². The summed E-state index contributed by atoms with van der Waals surface area (Å²) in [6, 6.07) is -0.0129. The van der Waals surface area contributed by atoms with E-state index in [2.05, 4.69) is 4.90 Å². The molecule has 2 saturated heterocycles. The van der Waals surface area contributed by atoms with Crippen molar-refractivity contribution in [3.8, 4) is 11.5 Å². The second-order valence-electron chi connectivity index (χ2n) is 10.1. The zero-order chi connectivity index (χ0) is 26.1. The lowest BCUT2D eigenvalue weighted by Crippen LogP contribution is -2.48. The van der Waals surface area contributed by atoms with Gasteiger partial charge < -0.3 is 29.1 Å². The third-order valence-electron chi connectivity index (χ3n) is 7.78. The molecular formula is C24H26FN3O9. The molecule has 1 unspecified atom stereocenters. The molecule has 2 aromatic rings. The Balaban J connectivity index is 1.51. The lowest BCUT2D eigenvalue weighted by atomic mass is 9.95. The van der Waals surface area contributed by atoms with E-state index in [1.54, 1.807) is 0 Å². The second-order valence-corrected chi connectivity index (χ2v) is 10.1. The number of benzene rings is 1. The van der Waals surface area contributed by atoms with Crippen molar-refractivity contribution in [2.75, 3.05) is 26.3 Å². The average molecular weight is 519 g/mol. The van der Waals surface area contributed by atoms with Crippen LogP contribution in [0.5, 0.6) is 11.5 Å². The Morgan fingerprint density at radius 3 is 2.27 bits per heavy atom. The van der Waals surface area contributed by atoms with Gasteiger partial charge in [-0.3, -0.25) is 9.36 Å². The summed E-state index contributed by atoms with van der Waals surface area (Å²) in [6.45, 7) is 4.17. The molecule has 4 aliphatic rings. The van der Waals surface area contributed by atoms with Gasteiger partial charge in [-0.05, 0) is 32.6 Å². The Morgan fingerprint density at radius 1 is 0.892 bits per heavy atom. The maximum absolute atomic E-state index is 15.9. The van der Waals surface area contributed by atoms with Crippen molar-refractivity contribution in [2.24, 2.45) is 0 Å². The number of carbonyl (C=O) groups excluding carboxylic acids is 3. The summed E-state index contributed by atoms with van der Waals surface area (Å²) in [7, 11) is 0. The molecular weight excluding hydrogens is 493 g/mol. The number of aliphatic hydroxyl groups is 1. The molecule has 2 fully saturated rings. The molecule has 198 valence electrons. The SMILES string of the molecule is Cc1c2c(F)c3c4c1OC(=O)CC(O)(CC(=O)On3c(=O)n4C1CCN(C3CCOCC3)CC1)C(=O)O2. The van der Waals surface area contributed by atoms with E-state index in [0.717, 1.165) is 12.8 Å². The molecule has 5 heterocycles. The summed E-state index contributed by atoms with van der Waals surface area (Å²) >= 11 is 0. The van der Waals surface area contributed by atoms with Crippen LogP contribution in [-0.2, 0) is 19.1 Å². The van der Waals surface area contributed by atoms with Crippen LogP contribution in [-0.4, -0.2) is 75.2 Å². The summed E-state index contributed by atoms with van der Waals surface area (Å²) in [6.07, 6.45) is 1.03. The van der Waals surface area contributed by atoms with Crippen molar-refractivity contribution in [1.29, 1.82) is 0 Å². The molecule has 4 bridgehead atoms. The first kappa shape index (κ1) is 24.1. The zero-order valence-corrected chi connectivity index (χ0v) is 20.2. The first-order chi connectivity index (χ1) is 17.7. The van der Waals surface area contributed by atoms with Crippen LogP contribution in [0.4, 0.5) is 4.39 Å². The maximum Gasteiger partial charge on any atom is 0.363 e. The first-order valence-corrected chi connectivity index (χ1v) is 12.4. The summed E-state index contributed by atoms with van der Waals surface area (Å²) in [5.41, 5.74) is -4.08. The molecule has 1 N–H and O–H groups in total. The lowest BCUT2D eigenvalue weighted by Gasteiger charge is -2.39. The molecule has 0 saturated carbocycles. The number of likely N-dealkylation sites (tertiary alicyclic amines) is 1. The van der Waals surface area contributed by atoms with Crippen LogP contribution < -0.4 is 20.0 Å². The van der Waals surface area contributed by atoms with Gasteiger partial charge in [-0.15, -0.1) is 4.73 Å². The van der Waals surface area contributed by atoms with E-state index >= 15 is 4.39 Å². The fraction of sp³-hybridized carbons (Fsp3) is 0.583. The predicted molar refractivity (Wildman–Crippen MR) is 122 cm³/mol. The van der Waals surface area contributed by atoms with Crippen molar-refractivity contribution in [3.05, 3.63) is 21.9 Å². The lowest BCUT2D eigenvalue weighted by molar-refractivity contribution is -0.169. The number of piperidine rings is 1. The van der Waals surface area contributed by atoms with Crippen LogP contribution in [0.1, 0.15) is 50.1 Å². The van der Waals surface area contributed by atoms with Gasteiger partial charge in [0.15, 0.2) is 28.4 Å². The number of carbonyl (C=O) groups is 3. The van der Waals surface area contributed by atoms with Crippen LogP contribution in [0.15, 0.2) is 4.79 Å².